The number of aromatic nitrogens is 2. The summed E-state index contributed by atoms with van der Waals surface area (Å²) in [4.78, 5) is 16.4. The normalized spacial score (nSPS) is 11.2. The number of carbonyl (C=O) groups is 1. The fraction of sp³-hybridized carbons (Fsp3) is 0.280. The predicted octanol–water partition coefficient (Wildman–Crippen LogP) is 4.94. The summed E-state index contributed by atoms with van der Waals surface area (Å²) >= 11 is 6.29. The Bertz CT molecular complexity index is 1080. The second-order valence-corrected chi connectivity index (χ2v) is 8.33. The number of amides is 1. The fourth-order valence-electron chi connectivity index (χ4n) is 3.43. The molecule has 0 spiro atoms. The van der Waals surface area contributed by atoms with Gasteiger partial charge in [0.15, 0.2) is 0 Å². The first-order valence-electron chi connectivity index (χ1n) is 10.2. The highest BCUT2D eigenvalue weighted by molar-refractivity contribution is 6.31. The molecule has 0 fully saturated rings. The van der Waals surface area contributed by atoms with Gasteiger partial charge in [0.2, 0.25) is 5.91 Å². The van der Waals surface area contributed by atoms with E-state index < -0.39 is 0 Å². The number of benzene rings is 2. The van der Waals surface area contributed by atoms with Crippen LogP contribution in [0.5, 0.6) is 0 Å². The van der Waals surface area contributed by atoms with E-state index in [4.69, 9.17) is 11.6 Å². The van der Waals surface area contributed by atoms with Gasteiger partial charge in [0.1, 0.15) is 0 Å². The second-order valence-electron chi connectivity index (χ2n) is 7.92. The molecule has 1 heterocycles. The van der Waals surface area contributed by atoms with Crippen molar-refractivity contribution in [1.29, 1.82) is 0 Å². The quantitative estimate of drug-likeness (QED) is 0.492. The Kier molecular flexibility index (Phi) is 7.18. The number of halogens is 1. The van der Waals surface area contributed by atoms with Crippen molar-refractivity contribution in [3.63, 3.8) is 0 Å². The van der Waals surface area contributed by atoms with Crippen molar-refractivity contribution in [2.75, 3.05) is 26.0 Å². The molecule has 6 heteroatoms. The number of hydrogen-bond acceptors (Lipinski definition) is 3. The third-order valence-corrected chi connectivity index (χ3v) is 5.73. The number of likely N-dealkylation sites (N-methyl/N-ethyl adjacent to an activating group) is 1. The number of rotatable bonds is 7. The molecule has 0 atom stereocenters. The molecule has 0 bridgehead atoms. The van der Waals surface area contributed by atoms with Gasteiger partial charge in [-0.1, -0.05) is 41.9 Å². The minimum absolute atomic E-state index is 0.0469. The molecular formula is C25H29ClN4O. The third kappa shape index (κ3) is 5.56. The molecule has 0 aliphatic carbocycles. The van der Waals surface area contributed by atoms with Crippen molar-refractivity contribution >= 4 is 29.3 Å². The van der Waals surface area contributed by atoms with Gasteiger partial charge in [-0.15, -0.1) is 0 Å². The van der Waals surface area contributed by atoms with Gasteiger partial charge < -0.3 is 9.80 Å². The standard InChI is InChI=1S/C25H29ClN4O/c1-18-23(19(2)30(27-18)17-21-8-6-7-9-24(21)26)14-15-25(31)29(5)16-20-10-12-22(13-11-20)28(3)4/h6-15H,16-17H2,1-5H3/b15-14+. The zero-order chi connectivity index (χ0) is 22.5. The molecule has 162 valence electrons. The van der Waals surface area contributed by atoms with Crippen molar-refractivity contribution in [1.82, 2.24) is 14.7 Å². The zero-order valence-electron chi connectivity index (χ0n) is 18.8. The molecular weight excluding hydrogens is 408 g/mol. The van der Waals surface area contributed by atoms with Gasteiger partial charge in [0.05, 0.1) is 12.2 Å². The second kappa shape index (κ2) is 9.84. The van der Waals surface area contributed by atoms with Crippen LogP contribution in [0.25, 0.3) is 6.08 Å². The summed E-state index contributed by atoms with van der Waals surface area (Å²) in [5, 5.41) is 5.36. The summed E-state index contributed by atoms with van der Waals surface area (Å²) in [6, 6.07) is 16.0. The average molecular weight is 437 g/mol. The Labute approximate surface area is 189 Å². The van der Waals surface area contributed by atoms with Crippen LogP contribution in [0.15, 0.2) is 54.6 Å². The largest absolute Gasteiger partial charge is 0.378 e. The number of anilines is 1. The van der Waals surface area contributed by atoms with Crippen LogP contribution in [-0.2, 0) is 17.9 Å². The molecule has 2 aromatic carbocycles. The van der Waals surface area contributed by atoms with Gasteiger partial charge in [0.25, 0.3) is 0 Å². The lowest BCUT2D eigenvalue weighted by molar-refractivity contribution is -0.125. The first kappa shape index (κ1) is 22.6. The highest BCUT2D eigenvalue weighted by Crippen LogP contribution is 2.20. The number of carbonyl (C=O) groups excluding carboxylic acids is 1. The third-order valence-electron chi connectivity index (χ3n) is 5.36. The van der Waals surface area contributed by atoms with E-state index in [0.29, 0.717) is 13.1 Å². The van der Waals surface area contributed by atoms with Crippen LogP contribution in [0, 0.1) is 13.8 Å². The summed E-state index contributed by atoms with van der Waals surface area (Å²) in [5.41, 5.74) is 6.09. The molecule has 3 rings (SSSR count). The zero-order valence-corrected chi connectivity index (χ0v) is 19.5. The van der Waals surface area contributed by atoms with Crippen LogP contribution in [0.2, 0.25) is 5.02 Å². The van der Waals surface area contributed by atoms with E-state index in [1.807, 2.05) is 70.0 Å². The molecule has 3 aromatic rings. The maximum Gasteiger partial charge on any atom is 0.246 e. The Morgan fingerprint density at radius 3 is 2.39 bits per heavy atom. The van der Waals surface area contributed by atoms with E-state index >= 15 is 0 Å². The van der Waals surface area contributed by atoms with E-state index in [1.165, 1.54) is 0 Å². The number of nitrogens with zero attached hydrogens (tertiary/aromatic N) is 4. The highest BCUT2D eigenvalue weighted by Gasteiger charge is 2.12. The first-order valence-corrected chi connectivity index (χ1v) is 10.6. The van der Waals surface area contributed by atoms with Crippen LogP contribution in [-0.4, -0.2) is 41.7 Å². The maximum atomic E-state index is 12.6. The lowest BCUT2D eigenvalue weighted by atomic mass is 10.1. The van der Waals surface area contributed by atoms with Gasteiger partial charge in [-0.3, -0.25) is 9.48 Å². The summed E-state index contributed by atoms with van der Waals surface area (Å²) in [6.07, 6.45) is 3.47. The number of aryl methyl sites for hydroxylation is 1. The van der Waals surface area contributed by atoms with E-state index in [2.05, 4.69) is 34.3 Å². The van der Waals surface area contributed by atoms with Gasteiger partial charge >= 0.3 is 0 Å². The van der Waals surface area contributed by atoms with Crippen LogP contribution < -0.4 is 4.90 Å². The Balaban J connectivity index is 1.68. The summed E-state index contributed by atoms with van der Waals surface area (Å²) in [5.74, 6) is -0.0469. The van der Waals surface area contributed by atoms with Crippen molar-refractivity contribution < 1.29 is 4.79 Å². The Morgan fingerprint density at radius 2 is 1.74 bits per heavy atom. The summed E-state index contributed by atoms with van der Waals surface area (Å²) in [7, 11) is 5.83. The van der Waals surface area contributed by atoms with Gasteiger partial charge in [-0.2, -0.15) is 5.10 Å². The van der Waals surface area contributed by atoms with Crippen LogP contribution in [0.4, 0.5) is 5.69 Å². The molecule has 0 aliphatic heterocycles. The molecule has 0 N–H and O–H groups in total. The molecule has 1 aromatic heterocycles. The highest BCUT2D eigenvalue weighted by atomic mass is 35.5. The molecule has 0 unspecified atom stereocenters. The number of hydrogen-bond donors (Lipinski definition) is 0. The van der Waals surface area contributed by atoms with Crippen LogP contribution in [0.1, 0.15) is 28.1 Å². The van der Waals surface area contributed by atoms with Crippen LogP contribution in [0.3, 0.4) is 0 Å². The molecule has 1 amide bonds. The summed E-state index contributed by atoms with van der Waals surface area (Å²) < 4.78 is 1.93. The Hall–Kier alpha value is -3.05. The monoisotopic (exact) mass is 436 g/mol. The Morgan fingerprint density at radius 1 is 1.06 bits per heavy atom. The maximum absolute atomic E-state index is 12.6. The van der Waals surface area contributed by atoms with E-state index in [-0.39, 0.29) is 5.91 Å². The van der Waals surface area contributed by atoms with Crippen molar-refractivity contribution in [2.24, 2.45) is 0 Å². The molecule has 31 heavy (non-hydrogen) atoms. The predicted molar refractivity (Wildman–Crippen MR) is 129 cm³/mol. The van der Waals surface area contributed by atoms with Crippen molar-refractivity contribution in [3.05, 3.63) is 87.7 Å². The van der Waals surface area contributed by atoms with E-state index in [9.17, 15) is 4.79 Å². The SMILES string of the molecule is Cc1nn(Cc2ccccc2Cl)c(C)c1/C=C/C(=O)N(C)Cc1ccc(N(C)C)cc1. The topological polar surface area (TPSA) is 41.4 Å². The lowest BCUT2D eigenvalue weighted by Gasteiger charge is -2.17. The smallest absolute Gasteiger partial charge is 0.246 e. The average Bonchev–Trinajstić information content (AvgIpc) is 3.00. The minimum Gasteiger partial charge on any atom is -0.378 e. The molecule has 5 nitrogen and oxygen atoms in total. The summed E-state index contributed by atoms with van der Waals surface area (Å²) in [6.45, 7) is 5.12. The van der Waals surface area contributed by atoms with E-state index in [1.54, 1.807) is 11.0 Å². The van der Waals surface area contributed by atoms with E-state index in [0.717, 1.165) is 38.8 Å². The molecule has 0 saturated carbocycles. The molecule has 0 saturated heterocycles. The van der Waals surface area contributed by atoms with Gasteiger partial charge in [-0.25, -0.2) is 0 Å². The van der Waals surface area contributed by atoms with Gasteiger partial charge in [0, 0.05) is 55.7 Å². The fourth-order valence-corrected chi connectivity index (χ4v) is 3.62. The lowest BCUT2D eigenvalue weighted by Crippen LogP contribution is -2.24. The van der Waals surface area contributed by atoms with Crippen molar-refractivity contribution in [3.8, 4) is 0 Å². The molecule has 0 radical (unpaired) electrons. The van der Waals surface area contributed by atoms with Gasteiger partial charge in [-0.05, 0) is 49.2 Å². The molecule has 0 aliphatic rings. The van der Waals surface area contributed by atoms with Crippen molar-refractivity contribution in [2.45, 2.75) is 26.9 Å². The minimum atomic E-state index is -0.0469. The van der Waals surface area contributed by atoms with Crippen LogP contribution >= 0.6 is 11.6 Å². The first-order chi connectivity index (χ1) is 14.8.